The van der Waals surface area contributed by atoms with E-state index in [0.29, 0.717) is 59.8 Å². The second kappa shape index (κ2) is 11.9. The minimum atomic E-state index is -3.61. The van der Waals surface area contributed by atoms with E-state index in [-0.39, 0.29) is 10.7 Å². The summed E-state index contributed by atoms with van der Waals surface area (Å²) in [5.74, 6) is 1.59. The van der Waals surface area contributed by atoms with Gasteiger partial charge in [0.15, 0.2) is 5.78 Å². The van der Waals surface area contributed by atoms with E-state index in [9.17, 15) is 13.2 Å². The molecular formula is C26H35ClN4O5S. The normalized spacial score (nSPS) is 16.8. The summed E-state index contributed by atoms with van der Waals surface area (Å²) in [5.41, 5.74) is 7.45. The number of ketones is 1. The fourth-order valence-corrected chi connectivity index (χ4v) is 6.05. The molecule has 2 aliphatic rings. The molecule has 0 aromatic heterocycles. The highest BCUT2D eigenvalue weighted by Crippen LogP contribution is 2.33. The molecule has 0 spiro atoms. The van der Waals surface area contributed by atoms with E-state index in [1.165, 1.54) is 7.11 Å². The number of likely N-dealkylation sites (N-methyl/N-ethyl adjacent to an activating group) is 1. The number of Topliss-reactive ketones (excluding diaryl/α,β-unsaturated/α-hetero) is 1. The van der Waals surface area contributed by atoms with Crippen molar-refractivity contribution in [3.63, 3.8) is 0 Å². The van der Waals surface area contributed by atoms with Gasteiger partial charge in [0.25, 0.3) is 0 Å². The molecule has 0 amide bonds. The first kappa shape index (κ1) is 27.5. The Morgan fingerprint density at radius 1 is 1.22 bits per heavy atom. The van der Waals surface area contributed by atoms with Crippen molar-refractivity contribution in [3.05, 3.63) is 40.9 Å². The summed E-state index contributed by atoms with van der Waals surface area (Å²) in [6, 6.07) is 8.13. The first-order valence-electron chi connectivity index (χ1n) is 12.5. The Morgan fingerprint density at radius 3 is 2.70 bits per heavy atom. The van der Waals surface area contributed by atoms with Crippen molar-refractivity contribution in [3.8, 4) is 11.5 Å². The quantitative estimate of drug-likeness (QED) is 0.342. The number of anilines is 2. The van der Waals surface area contributed by atoms with Gasteiger partial charge in [0, 0.05) is 32.6 Å². The molecule has 0 unspecified atom stereocenters. The predicted molar refractivity (Wildman–Crippen MR) is 146 cm³/mol. The summed E-state index contributed by atoms with van der Waals surface area (Å²) in [4.78, 5) is 17.3. The van der Waals surface area contributed by atoms with Gasteiger partial charge in [-0.1, -0.05) is 11.6 Å². The Hall–Kier alpha value is -2.53. The van der Waals surface area contributed by atoms with Crippen molar-refractivity contribution in [1.29, 1.82) is 0 Å². The summed E-state index contributed by atoms with van der Waals surface area (Å²) in [6.07, 6.45) is 3.15. The summed E-state index contributed by atoms with van der Waals surface area (Å²) >= 11 is 6.10. The molecule has 2 aromatic carbocycles. The molecule has 0 radical (unpaired) electrons. The second-order valence-electron chi connectivity index (χ2n) is 9.62. The van der Waals surface area contributed by atoms with Gasteiger partial charge >= 0.3 is 0 Å². The zero-order chi connectivity index (χ0) is 26.6. The number of rotatable bonds is 10. The summed E-state index contributed by atoms with van der Waals surface area (Å²) in [6.45, 7) is 4.04. The first-order chi connectivity index (χ1) is 17.7. The van der Waals surface area contributed by atoms with Crippen LogP contribution >= 0.6 is 11.6 Å². The molecule has 0 aliphatic carbocycles. The van der Waals surface area contributed by atoms with Crippen LogP contribution in [0.3, 0.4) is 0 Å². The summed E-state index contributed by atoms with van der Waals surface area (Å²) in [5, 5.41) is 0.348. The van der Waals surface area contributed by atoms with E-state index in [0.717, 1.165) is 44.6 Å². The zero-order valence-corrected chi connectivity index (χ0v) is 22.9. The molecule has 2 aromatic rings. The maximum Gasteiger partial charge on any atom is 0.240 e. The SMILES string of the molecule is COc1cc(N)c(Cl)cc1C(=O)CCC1CCN(CCNS(=O)(=O)c2ccc3c(c2)N(C)CCO3)CC1. The van der Waals surface area contributed by atoms with Gasteiger partial charge in [0.1, 0.15) is 18.1 Å². The Morgan fingerprint density at radius 2 is 1.97 bits per heavy atom. The van der Waals surface area contributed by atoms with E-state index >= 15 is 0 Å². The maximum atomic E-state index is 12.8. The largest absolute Gasteiger partial charge is 0.496 e. The number of nitrogens with two attached hydrogens (primary N) is 1. The van der Waals surface area contributed by atoms with E-state index in [1.54, 1.807) is 30.3 Å². The van der Waals surface area contributed by atoms with Gasteiger partial charge in [-0.3, -0.25) is 4.79 Å². The van der Waals surface area contributed by atoms with Crippen molar-refractivity contribution in [2.45, 2.75) is 30.6 Å². The molecule has 0 bridgehead atoms. The van der Waals surface area contributed by atoms with Crippen LogP contribution in [0.4, 0.5) is 11.4 Å². The number of hydrogen-bond acceptors (Lipinski definition) is 8. The number of halogens is 1. The third kappa shape index (κ3) is 6.67. The van der Waals surface area contributed by atoms with E-state index in [4.69, 9.17) is 26.8 Å². The van der Waals surface area contributed by atoms with Crippen molar-refractivity contribution < 1.29 is 22.7 Å². The summed E-state index contributed by atoms with van der Waals surface area (Å²) < 4.78 is 39.3. The fraction of sp³-hybridized carbons (Fsp3) is 0.500. The van der Waals surface area contributed by atoms with E-state index in [2.05, 4.69) is 9.62 Å². The minimum Gasteiger partial charge on any atom is -0.496 e. The van der Waals surface area contributed by atoms with Crippen molar-refractivity contribution in [1.82, 2.24) is 9.62 Å². The van der Waals surface area contributed by atoms with Gasteiger partial charge in [-0.15, -0.1) is 0 Å². The van der Waals surface area contributed by atoms with Gasteiger partial charge in [-0.2, -0.15) is 0 Å². The molecule has 4 rings (SSSR count). The number of piperidine rings is 1. The molecule has 2 aliphatic heterocycles. The third-order valence-electron chi connectivity index (χ3n) is 7.16. The Bertz CT molecular complexity index is 1230. The standard InChI is InChI=1S/C26H35ClN4O5S/c1-30-13-14-36-25-6-4-19(15-23(25)30)37(33,34)29-9-12-31-10-7-18(8-11-31)3-5-24(32)20-16-21(27)22(28)17-26(20)35-2/h4,6,15-18,29H,3,5,7-14,28H2,1-2H3. The third-order valence-corrected chi connectivity index (χ3v) is 8.95. The van der Waals surface area contributed by atoms with Crippen molar-refractivity contribution in [2.24, 2.45) is 5.92 Å². The Balaban J connectivity index is 1.21. The van der Waals surface area contributed by atoms with Crippen LogP contribution in [0.25, 0.3) is 0 Å². The van der Waals surface area contributed by atoms with Crippen LogP contribution < -0.4 is 24.8 Å². The van der Waals surface area contributed by atoms with Gasteiger partial charge < -0.3 is 25.0 Å². The highest BCUT2D eigenvalue weighted by Gasteiger charge is 2.23. The van der Waals surface area contributed by atoms with Crippen LogP contribution in [-0.4, -0.2) is 72.6 Å². The molecule has 11 heteroatoms. The minimum absolute atomic E-state index is 0.00415. The number of fused-ring (bicyclic) bond motifs is 1. The number of sulfonamides is 1. The topological polar surface area (TPSA) is 114 Å². The number of hydrogen-bond donors (Lipinski definition) is 2. The van der Waals surface area contributed by atoms with Crippen molar-refractivity contribution >= 4 is 38.8 Å². The lowest BCUT2D eigenvalue weighted by Gasteiger charge is -2.32. The van der Waals surface area contributed by atoms with E-state index < -0.39 is 10.0 Å². The number of methoxy groups -OCH3 is 1. The number of nitrogens with zero attached hydrogens (tertiary/aromatic N) is 2. The summed E-state index contributed by atoms with van der Waals surface area (Å²) in [7, 11) is -0.173. The number of ether oxygens (including phenoxy) is 2. The second-order valence-corrected chi connectivity index (χ2v) is 11.8. The molecule has 202 valence electrons. The number of nitrogen functional groups attached to an aromatic ring is 1. The molecule has 1 fully saturated rings. The van der Waals surface area contributed by atoms with Crippen LogP contribution in [0.2, 0.25) is 5.02 Å². The van der Waals surface area contributed by atoms with Gasteiger partial charge in [0.05, 0.1) is 40.5 Å². The molecule has 1 saturated heterocycles. The molecule has 0 atom stereocenters. The van der Waals surface area contributed by atoms with Crippen LogP contribution in [0.1, 0.15) is 36.0 Å². The number of likely N-dealkylation sites (tertiary alicyclic amines) is 1. The average molecular weight is 551 g/mol. The number of carbonyl (C=O) groups is 1. The first-order valence-corrected chi connectivity index (χ1v) is 14.4. The monoisotopic (exact) mass is 550 g/mol. The molecular weight excluding hydrogens is 516 g/mol. The Kier molecular flexibility index (Phi) is 8.84. The molecule has 3 N–H and O–H groups in total. The highest BCUT2D eigenvalue weighted by atomic mass is 35.5. The van der Waals surface area contributed by atoms with E-state index in [1.807, 2.05) is 11.9 Å². The number of carbonyl (C=O) groups excluding carboxylic acids is 1. The smallest absolute Gasteiger partial charge is 0.240 e. The molecule has 37 heavy (non-hydrogen) atoms. The lowest BCUT2D eigenvalue weighted by Crippen LogP contribution is -2.39. The average Bonchev–Trinajstić information content (AvgIpc) is 2.89. The zero-order valence-electron chi connectivity index (χ0n) is 21.3. The lowest BCUT2D eigenvalue weighted by molar-refractivity contribution is 0.0960. The van der Waals surface area contributed by atoms with Gasteiger partial charge in [-0.05, 0) is 62.5 Å². The lowest BCUT2D eigenvalue weighted by atomic mass is 9.90. The fourth-order valence-electron chi connectivity index (χ4n) is 4.84. The maximum absolute atomic E-state index is 12.8. The molecule has 2 heterocycles. The van der Waals surface area contributed by atoms with Crippen molar-refractivity contribution in [2.75, 3.05) is 64.1 Å². The Labute approximate surface area is 223 Å². The van der Waals surface area contributed by atoms with Gasteiger partial charge in [0.2, 0.25) is 10.0 Å². The molecule has 0 saturated carbocycles. The predicted octanol–water partition coefficient (Wildman–Crippen LogP) is 3.41. The van der Waals surface area contributed by atoms with Gasteiger partial charge in [-0.25, -0.2) is 13.1 Å². The number of nitrogens with one attached hydrogen (secondary N) is 1. The highest BCUT2D eigenvalue weighted by molar-refractivity contribution is 7.89. The van der Waals surface area contributed by atoms with Crippen LogP contribution in [-0.2, 0) is 10.0 Å². The number of benzene rings is 2. The molecule has 9 nitrogen and oxygen atoms in total. The van der Waals surface area contributed by atoms with Crippen LogP contribution in [0, 0.1) is 5.92 Å². The van der Waals surface area contributed by atoms with Crippen LogP contribution in [0.5, 0.6) is 11.5 Å². The van der Waals surface area contributed by atoms with Crippen LogP contribution in [0.15, 0.2) is 35.2 Å².